The standard InChI is InChI=1S/C13H16BrNO2S/c1-9(11-3-2-8-17-11)15-13(16)7-5-10-4-6-12(14)18-10/h4-7,9,11H,2-3,8H2,1H3,(H,15,16). The number of amides is 1. The number of carbonyl (C=O) groups is 1. The lowest BCUT2D eigenvalue weighted by Crippen LogP contribution is -2.39. The second-order valence-electron chi connectivity index (χ2n) is 4.32. The molecular weight excluding hydrogens is 314 g/mol. The summed E-state index contributed by atoms with van der Waals surface area (Å²) in [7, 11) is 0. The van der Waals surface area contributed by atoms with Gasteiger partial charge in [0.15, 0.2) is 0 Å². The molecule has 0 radical (unpaired) electrons. The highest BCUT2D eigenvalue weighted by Crippen LogP contribution is 2.23. The minimum Gasteiger partial charge on any atom is -0.376 e. The molecule has 0 aromatic carbocycles. The van der Waals surface area contributed by atoms with E-state index in [-0.39, 0.29) is 18.1 Å². The van der Waals surface area contributed by atoms with Gasteiger partial charge < -0.3 is 10.1 Å². The molecular formula is C13H16BrNO2S. The third-order valence-electron chi connectivity index (χ3n) is 2.89. The van der Waals surface area contributed by atoms with Gasteiger partial charge >= 0.3 is 0 Å². The van der Waals surface area contributed by atoms with Crippen LogP contribution in [0, 0.1) is 0 Å². The monoisotopic (exact) mass is 329 g/mol. The molecule has 1 N–H and O–H groups in total. The third kappa shape index (κ3) is 3.93. The van der Waals surface area contributed by atoms with E-state index in [1.165, 1.54) is 0 Å². The minimum absolute atomic E-state index is 0.0671. The molecule has 1 saturated heterocycles. The maximum absolute atomic E-state index is 11.7. The maximum Gasteiger partial charge on any atom is 0.244 e. The van der Waals surface area contributed by atoms with Crippen LogP contribution in [0.1, 0.15) is 24.6 Å². The van der Waals surface area contributed by atoms with Gasteiger partial charge in [-0.1, -0.05) is 0 Å². The molecule has 1 aromatic heterocycles. The molecule has 1 aromatic rings. The third-order valence-corrected chi connectivity index (χ3v) is 4.47. The van der Waals surface area contributed by atoms with Crippen molar-refractivity contribution in [2.45, 2.75) is 31.9 Å². The minimum atomic E-state index is -0.0671. The lowest BCUT2D eigenvalue weighted by molar-refractivity contribution is -0.117. The number of nitrogens with one attached hydrogen (secondary N) is 1. The van der Waals surface area contributed by atoms with Crippen molar-refractivity contribution >= 4 is 39.2 Å². The van der Waals surface area contributed by atoms with Gasteiger partial charge in [-0.05, 0) is 53.9 Å². The van der Waals surface area contributed by atoms with Crippen molar-refractivity contribution in [1.29, 1.82) is 0 Å². The van der Waals surface area contributed by atoms with E-state index in [1.54, 1.807) is 17.4 Å². The van der Waals surface area contributed by atoms with Gasteiger partial charge in [-0.15, -0.1) is 11.3 Å². The molecule has 2 atom stereocenters. The van der Waals surface area contributed by atoms with Gasteiger partial charge in [0.1, 0.15) is 0 Å². The molecule has 1 fully saturated rings. The van der Waals surface area contributed by atoms with Crippen molar-refractivity contribution in [2.24, 2.45) is 0 Å². The number of thiophene rings is 1. The van der Waals surface area contributed by atoms with Crippen LogP contribution in [0.25, 0.3) is 6.08 Å². The van der Waals surface area contributed by atoms with E-state index in [2.05, 4.69) is 21.2 Å². The van der Waals surface area contributed by atoms with Crippen LogP contribution in [0.2, 0.25) is 0 Å². The predicted molar refractivity (Wildman–Crippen MR) is 77.6 cm³/mol. The van der Waals surface area contributed by atoms with Crippen LogP contribution in [0.3, 0.4) is 0 Å². The van der Waals surface area contributed by atoms with E-state index < -0.39 is 0 Å². The fourth-order valence-corrected chi connectivity index (χ4v) is 3.26. The molecule has 2 rings (SSSR count). The molecule has 18 heavy (non-hydrogen) atoms. The van der Waals surface area contributed by atoms with Gasteiger partial charge in [0.05, 0.1) is 15.9 Å². The van der Waals surface area contributed by atoms with Crippen molar-refractivity contribution in [3.8, 4) is 0 Å². The summed E-state index contributed by atoms with van der Waals surface area (Å²) in [5.74, 6) is -0.0671. The van der Waals surface area contributed by atoms with E-state index in [0.29, 0.717) is 0 Å². The second-order valence-corrected chi connectivity index (χ2v) is 6.82. The Morgan fingerprint density at radius 2 is 2.50 bits per heavy atom. The number of halogens is 1. The summed E-state index contributed by atoms with van der Waals surface area (Å²) >= 11 is 4.99. The molecule has 0 aliphatic carbocycles. The molecule has 3 nitrogen and oxygen atoms in total. The van der Waals surface area contributed by atoms with Crippen molar-refractivity contribution in [3.05, 3.63) is 26.9 Å². The average molecular weight is 330 g/mol. The molecule has 5 heteroatoms. The highest BCUT2D eigenvalue weighted by molar-refractivity contribution is 9.11. The van der Waals surface area contributed by atoms with Crippen molar-refractivity contribution in [3.63, 3.8) is 0 Å². The Kier molecular flexibility index (Phi) is 4.97. The molecule has 2 heterocycles. The topological polar surface area (TPSA) is 38.3 Å². The zero-order valence-electron chi connectivity index (χ0n) is 10.2. The summed E-state index contributed by atoms with van der Waals surface area (Å²) < 4.78 is 6.60. The quantitative estimate of drug-likeness (QED) is 0.861. The Bertz CT molecular complexity index is 438. The van der Waals surface area contributed by atoms with Crippen molar-refractivity contribution < 1.29 is 9.53 Å². The normalized spacial score (nSPS) is 21.3. The number of rotatable bonds is 4. The summed E-state index contributed by atoms with van der Waals surface area (Å²) in [5.41, 5.74) is 0. The Hall–Kier alpha value is -0.650. The van der Waals surface area contributed by atoms with Crippen LogP contribution in [-0.4, -0.2) is 24.7 Å². The number of carbonyl (C=O) groups excluding carboxylic acids is 1. The highest BCUT2D eigenvalue weighted by Gasteiger charge is 2.22. The van der Waals surface area contributed by atoms with Crippen LogP contribution < -0.4 is 5.32 Å². The Morgan fingerprint density at radius 1 is 1.67 bits per heavy atom. The fraction of sp³-hybridized carbons (Fsp3) is 0.462. The zero-order valence-corrected chi connectivity index (χ0v) is 12.6. The first-order chi connectivity index (χ1) is 8.65. The lowest BCUT2D eigenvalue weighted by atomic mass is 10.1. The van der Waals surface area contributed by atoms with Crippen molar-refractivity contribution in [2.75, 3.05) is 6.61 Å². The molecule has 1 aliphatic rings. The van der Waals surface area contributed by atoms with E-state index >= 15 is 0 Å². The molecule has 0 bridgehead atoms. The van der Waals surface area contributed by atoms with Gasteiger partial charge in [0, 0.05) is 17.6 Å². The number of hydrogen-bond acceptors (Lipinski definition) is 3. The summed E-state index contributed by atoms with van der Waals surface area (Å²) in [6.07, 6.45) is 5.68. The van der Waals surface area contributed by atoms with Crippen LogP contribution in [0.4, 0.5) is 0 Å². The summed E-state index contributed by atoms with van der Waals surface area (Å²) in [4.78, 5) is 12.8. The van der Waals surface area contributed by atoms with Gasteiger partial charge in [0.25, 0.3) is 0 Å². The molecule has 98 valence electrons. The molecule has 1 amide bonds. The van der Waals surface area contributed by atoms with Crippen LogP contribution in [0.5, 0.6) is 0 Å². The van der Waals surface area contributed by atoms with Crippen molar-refractivity contribution in [1.82, 2.24) is 5.32 Å². The average Bonchev–Trinajstić information content (AvgIpc) is 2.97. The first kappa shape index (κ1) is 13.8. The Balaban J connectivity index is 1.82. The summed E-state index contributed by atoms with van der Waals surface area (Å²) in [6.45, 7) is 2.80. The first-order valence-corrected chi connectivity index (χ1v) is 7.61. The highest BCUT2D eigenvalue weighted by atomic mass is 79.9. The fourth-order valence-electron chi connectivity index (χ4n) is 1.94. The zero-order chi connectivity index (χ0) is 13.0. The van der Waals surface area contributed by atoms with Gasteiger partial charge in [-0.25, -0.2) is 0 Å². The van der Waals surface area contributed by atoms with Gasteiger partial charge in [0.2, 0.25) is 5.91 Å². The first-order valence-electron chi connectivity index (χ1n) is 6.00. The summed E-state index contributed by atoms with van der Waals surface area (Å²) in [6, 6.07) is 4.01. The Morgan fingerprint density at radius 3 is 3.11 bits per heavy atom. The SMILES string of the molecule is CC(NC(=O)C=Cc1ccc(Br)s1)C1CCCO1. The van der Waals surface area contributed by atoms with Crippen LogP contribution >= 0.6 is 27.3 Å². The van der Waals surface area contributed by atoms with Gasteiger partial charge in [-0.2, -0.15) is 0 Å². The second kappa shape index (κ2) is 6.50. The van der Waals surface area contributed by atoms with Gasteiger partial charge in [-0.3, -0.25) is 4.79 Å². The number of hydrogen-bond donors (Lipinski definition) is 1. The van der Waals surface area contributed by atoms with E-state index in [1.807, 2.05) is 25.1 Å². The van der Waals surface area contributed by atoms with E-state index in [4.69, 9.17) is 4.74 Å². The molecule has 0 spiro atoms. The largest absolute Gasteiger partial charge is 0.376 e. The predicted octanol–water partition coefficient (Wildman–Crippen LogP) is 3.21. The van der Waals surface area contributed by atoms with E-state index in [9.17, 15) is 4.79 Å². The van der Waals surface area contributed by atoms with Crippen LogP contribution in [-0.2, 0) is 9.53 Å². The summed E-state index contributed by atoms with van der Waals surface area (Å²) in [5, 5.41) is 2.94. The van der Waals surface area contributed by atoms with Crippen LogP contribution in [0.15, 0.2) is 22.0 Å². The molecule has 0 saturated carbocycles. The smallest absolute Gasteiger partial charge is 0.244 e. The lowest BCUT2D eigenvalue weighted by Gasteiger charge is -2.18. The molecule has 2 unspecified atom stereocenters. The van der Waals surface area contributed by atoms with E-state index in [0.717, 1.165) is 28.1 Å². The molecule has 1 aliphatic heterocycles. The maximum atomic E-state index is 11.7. The number of ether oxygens (including phenoxy) is 1. The Labute approximate surface area is 119 Å².